The molecule has 2 unspecified atom stereocenters. The van der Waals surface area contributed by atoms with Crippen LogP contribution in [0.2, 0.25) is 0 Å². The molecular formula is C47H46N8O7. The number of hydrogen-bond donors (Lipinski definition) is 4. The van der Waals surface area contributed by atoms with Crippen molar-refractivity contribution in [1.82, 2.24) is 25.5 Å². The molecule has 0 bridgehead atoms. The molecule has 4 N–H and O–H groups in total. The van der Waals surface area contributed by atoms with Crippen molar-refractivity contribution >= 4 is 35.3 Å². The van der Waals surface area contributed by atoms with Gasteiger partial charge in [0.2, 0.25) is 17.7 Å². The molecule has 316 valence electrons. The van der Waals surface area contributed by atoms with Crippen molar-refractivity contribution in [1.29, 1.82) is 5.26 Å². The van der Waals surface area contributed by atoms with Crippen LogP contribution in [0.3, 0.4) is 0 Å². The van der Waals surface area contributed by atoms with Crippen LogP contribution in [0, 0.1) is 11.3 Å². The highest BCUT2D eigenvalue weighted by Crippen LogP contribution is 2.40. The number of hydrogen-bond acceptors (Lipinski definition) is 11. The molecule has 2 aliphatic heterocycles. The molecule has 15 heteroatoms. The van der Waals surface area contributed by atoms with E-state index in [2.05, 4.69) is 32.0 Å². The van der Waals surface area contributed by atoms with Crippen LogP contribution in [0.15, 0.2) is 109 Å². The van der Waals surface area contributed by atoms with Gasteiger partial charge in [0.05, 0.1) is 24.3 Å². The van der Waals surface area contributed by atoms with Gasteiger partial charge in [-0.15, -0.1) is 0 Å². The number of amides is 5. The molecule has 5 amide bonds. The molecule has 1 aliphatic carbocycles. The van der Waals surface area contributed by atoms with Gasteiger partial charge in [-0.2, -0.15) is 5.26 Å². The van der Waals surface area contributed by atoms with Gasteiger partial charge < -0.3 is 25.2 Å². The van der Waals surface area contributed by atoms with Crippen molar-refractivity contribution in [2.24, 2.45) is 0 Å². The van der Waals surface area contributed by atoms with E-state index in [1.807, 2.05) is 71.6 Å². The van der Waals surface area contributed by atoms with Crippen LogP contribution in [0.4, 0.5) is 16.3 Å². The summed E-state index contributed by atoms with van der Waals surface area (Å²) < 4.78 is 11.8. The lowest BCUT2D eigenvalue weighted by atomic mass is 9.89. The SMILES string of the molecule is N#Cc1ccc(NC2CCC(N(C(=O)NCc3ccccc3)c3ccc(-c4ccc(OCCCOc5cccc6c5C(=O)N(C5CCC(=O)NC5=O)C6O)nc4)cc3)CC2)nc1. The molecule has 5 aromatic rings. The number of aromatic nitrogens is 2. The van der Waals surface area contributed by atoms with Crippen molar-refractivity contribution in [3.8, 4) is 28.8 Å². The second kappa shape index (κ2) is 18.9. The fraction of sp³-hybridized carbons (Fsp3) is 0.298. The van der Waals surface area contributed by atoms with Gasteiger partial charge in [-0.1, -0.05) is 54.6 Å². The molecule has 2 atom stereocenters. The number of carbonyl (C=O) groups is 4. The van der Waals surface area contributed by atoms with Gasteiger partial charge in [-0.05, 0) is 79.6 Å². The van der Waals surface area contributed by atoms with E-state index in [4.69, 9.17) is 14.7 Å². The van der Waals surface area contributed by atoms with Crippen LogP contribution in [-0.4, -0.2) is 75.1 Å². The lowest BCUT2D eigenvalue weighted by molar-refractivity contribution is -0.139. The number of anilines is 2. The number of benzene rings is 3. The average molecular weight is 835 g/mol. The summed E-state index contributed by atoms with van der Waals surface area (Å²) in [5, 5.41) is 28.9. The standard InChI is InChI=1S/C47H46N8O7/c48-26-31-10-21-40(49-28-31)52-34-14-18-36(19-15-34)54(47(60)51-27-30-6-2-1-3-7-30)35-16-11-32(12-17-35)33-13-23-42(50-29-33)62-25-5-24-61-39-9-4-8-37-43(39)46(59)55(45(37)58)38-20-22-41(56)53-44(38)57/h1-4,6-13,16-17,21,23,28-29,34,36,38,45,58H,5,14-15,18-20,22,24-25,27H2,(H,49,52)(H,51,60)(H,53,56,57). The Hall–Kier alpha value is -7.31. The van der Waals surface area contributed by atoms with Crippen LogP contribution < -0.4 is 30.3 Å². The van der Waals surface area contributed by atoms with Gasteiger partial charge in [0, 0.05) is 66.7 Å². The molecule has 62 heavy (non-hydrogen) atoms. The minimum atomic E-state index is -1.33. The van der Waals surface area contributed by atoms with Crippen molar-refractivity contribution in [3.63, 3.8) is 0 Å². The molecule has 2 aromatic heterocycles. The molecule has 0 spiro atoms. The van der Waals surface area contributed by atoms with E-state index >= 15 is 0 Å². The monoisotopic (exact) mass is 834 g/mol. The molecule has 4 heterocycles. The summed E-state index contributed by atoms with van der Waals surface area (Å²) in [6.07, 6.45) is 5.97. The highest BCUT2D eigenvalue weighted by Gasteiger charge is 2.45. The number of nitrogens with zero attached hydrogens (tertiary/aromatic N) is 5. The fourth-order valence-electron chi connectivity index (χ4n) is 8.22. The van der Waals surface area contributed by atoms with Crippen LogP contribution in [0.5, 0.6) is 11.6 Å². The first kappa shape index (κ1) is 41.4. The number of imide groups is 1. The number of ether oxygens (including phenoxy) is 2. The number of rotatable bonds is 14. The Balaban J connectivity index is 0.851. The first-order chi connectivity index (χ1) is 30.2. The third-order valence-corrected chi connectivity index (χ3v) is 11.4. The number of urea groups is 1. The van der Waals surface area contributed by atoms with Gasteiger partial charge in [0.25, 0.3) is 5.91 Å². The number of aliphatic hydroxyl groups is 1. The summed E-state index contributed by atoms with van der Waals surface area (Å²) >= 11 is 0. The lowest BCUT2D eigenvalue weighted by Crippen LogP contribution is -2.53. The molecule has 3 aromatic carbocycles. The van der Waals surface area contributed by atoms with Crippen molar-refractivity contribution < 1.29 is 33.8 Å². The predicted molar refractivity (Wildman–Crippen MR) is 229 cm³/mol. The minimum absolute atomic E-state index is 0.00802. The maximum Gasteiger partial charge on any atom is 0.322 e. The summed E-state index contributed by atoms with van der Waals surface area (Å²) in [6.45, 7) is 0.927. The van der Waals surface area contributed by atoms with E-state index in [1.165, 1.54) is 0 Å². The first-order valence-electron chi connectivity index (χ1n) is 20.8. The molecule has 8 rings (SSSR count). The first-order valence-corrected chi connectivity index (χ1v) is 20.8. The summed E-state index contributed by atoms with van der Waals surface area (Å²) in [5.74, 6) is -0.0757. The van der Waals surface area contributed by atoms with Crippen LogP contribution in [0.25, 0.3) is 11.1 Å². The van der Waals surface area contributed by atoms with E-state index < -0.39 is 30.0 Å². The topological polar surface area (TPSA) is 199 Å². The van der Waals surface area contributed by atoms with Gasteiger partial charge in [0.15, 0.2) is 6.23 Å². The molecule has 1 saturated carbocycles. The number of nitriles is 1. The largest absolute Gasteiger partial charge is 0.493 e. The van der Waals surface area contributed by atoms with E-state index in [9.17, 15) is 24.3 Å². The van der Waals surface area contributed by atoms with Gasteiger partial charge in [-0.25, -0.2) is 14.8 Å². The average Bonchev–Trinajstić information content (AvgIpc) is 3.56. The number of carbonyl (C=O) groups excluding carboxylic acids is 4. The summed E-state index contributed by atoms with van der Waals surface area (Å²) in [7, 11) is 0. The molecule has 0 radical (unpaired) electrons. The van der Waals surface area contributed by atoms with Crippen LogP contribution in [-0.2, 0) is 16.1 Å². The van der Waals surface area contributed by atoms with Crippen LogP contribution >= 0.6 is 0 Å². The van der Waals surface area contributed by atoms with Crippen molar-refractivity contribution in [2.75, 3.05) is 23.4 Å². The van der Waals surface area contributed by atoms with Gasteiger partial charge >= 0.3 is 6.03 Å². The van der Waals surface area contributed by atoms with Crippen molar-refractivity contribution in [2.45, 2.75) is 75.8 Å². The number of nitrogens with one attached hydrogen (secondary N) is 3. The molecule has 2 fully saturated rings. The molecule has 1 saturated heterocycles. The highest BCUT2D eigenvalue weighted by molar-refractivity contribution is 6.07. The third-order valence-electron chi connectivity index (χ3n) is 11.4. The summed E-state index contributed by atoms with van der Waals surface area (Å²) in [5.41, 5.74) is 4.69. The summed E-state index contributed by atoms with van der Waals surface area (Å²) in [6, 6.07) is 31.2. The summed E-state index contributed by atoms with van der Waals surface area (Å²) in [4.78, 5) is 63.3. The third kappa shape index (κ3) is 9.35. The Bertz CT molecular complexity index is 2430. The quantitative estimate of drug-likeness (QED) is 0.0728. The van der Waals surface area contributed by atoms with Gasteiger partial charge in [-0.3, -0.25) is 29.5 Å². The predicted octanol–water partition coefficient (Wildman–Crippen LogP) is 6.25. The number of pyridine rings is 2. The zero-order valence-electron chi connectivity index (χ0n) is 33.9. The van der Waals surface area contributed by atoms with E-state index in [-0.39, 0.29) is 43.1 Å². The normalized spacial score (nSPS) is 19.5. The maximum absolute atomic E-state index is 13.9. The molecule has 3 aliphatic rings. The number of fused-ring (bicyclic) bond motifs is 1. The second-order valence-electron chi connectivity index (χ2n) is 15.5. The minimum Gasteiger partial charge on any atom is -0.493 e. The number of piperidine rings is 1. The highest BCUT2D eigenvalue weighted by atomic mass is 16.5. The Labute approximate surface area is 358 Å². The Morgan fingerprint density at radius 1 is 0.855 bits per heavy atom. The molecule has 15 nitrogen and oxygen atoms in total. The zero-order valence-corrected chi connectivity index (χ0v) is 33.9. The van der Waals surface area contributed by atoms with Crippen LogP contribution in [0.1, 0.15) is 78.2 Å². The van der Waals surface area contributed by atoms with E-state index in [0.717, 1.165) is 58.8 Å². The molecular weight excluding hydrogens is 789 g/mol. The number of aliphatic hydroxyl groups excluding tert-OH is 1. The fourth-order valence-corrected chi connectivity index (χ4v) is 8.22. The second-order valence-corrected chi connectivity index (χ2v) is 15.5. The van der Waals surface area contributed by atoms with Gasteiger partial charge in [0.1, 0.15) is 23.7 Å². The smallest absolute Gasteiger partial charge is 0.322 e. The Kier molecular flexibility index (Phi) is 12.7. The van der Waals surface area contributed by atoms with E-state index in [1.54, 1.807) is 42.7 Å². The maximum atomic E-state index is 13.9. The Morgan fingerprint density at radius 3 is 2.34 bits per heavy atom. The van der Waals surface area contributed by atoms with Crippen molar-refractivity contribution in [3.05, 3.63) is 132 Å². The zero-order chi connectivity index (χ0) is 43.0. The van der Waals surface area contributed by atoms with E-state index in [0.29, 0.717) is 42.3 Å². The Morgan fingerprint density at radius 2 is 1.63 bits per heavy atom. The lowest BCUT2D eigenvalue weighted by Gasteiger charge is -2.37.